The first-order valence-electron chi connectivity index (χ1n) is 8.18. The van der Waals surface area contributed by atoms with Gasteiger partial charge in [-0.15, -0.1) is 0 Å². The third-order valence-electron chi connectivity index (χ3n) is 4.33. The van der Waals surface area contributed by atoms with Crippen molar-refractivity contribution >= 4 is 0 Å². The van der Waals surface area contributed by atoms with E-state index < -0.39 is 0 Å². The highest BCUT2D eigenvalue weighted by atomic mass is 16.5. The highest BCUT2D eigenvalue weighted by Gasteiger charge is 2.14. The lowest BCUT2D eigenvalue weighted by Crippen LogP contribution is -2.26. The number of benzene rings is 1. The van der Waals surface area contributed by atoms with E-state index in [-0.39, 0.29) is 0 Å². The van der Waals surface area contributed by atoms with Gasteiger partial charge in [0.2, 0.25) is 0 Å². The highest BCUT2D eigenvalue weighted by molar-refractivity contribution is 5.55. The lowest BCUT2D eigenvalue weighted by molar-refractivity contribution is 0.275. The minimum absolute atomic E-state index is 0.355. The van der Waals surface area contributed by atoms with Crippen LogP contribution in [-0.2, 0) is 6.54 Å². The van der Waals surface area contributed by atoms with Gasteiger partial charge < -0.3 is 10.5 Å². The summed E-state index contributed by atoms with van der Waals surface area (Å²) in [7, 11) is 1.66. The zero-order valence-corrected chi connectivity index (χ0v) is 13.6. The maximum Gasteiger partial charge on any atom is 0.159 e. The highest BCUT2D eigenvalue weighted by Crippen LogP contribution is 2.19. The smallest absolute Gasteiger partial charge is 0.159 e. The molecule has 0 saturated carbocycles. The molecule has 1 aliphatic heterocycles. The van der Waals surface area contributed by atoms with E-state index in [1.54, 1.807) is 7.11 Å². The van der Waals surface area contributed by atoms with Crippen LogP contribution >= 0.6 is 0 Å². The molecule has 2 N–H and O–H groups in total. The summed E-state index contributed by atoms with van der Waals surface area (Å²) < 4.78 is 5.17. The Morgan fingerprint density at radius 2 is 1.87 bits per heavy atom. The molecule has 122 valence electrons. The van der Waals surface area contributed by atoms with Gasteiger partial charge in [0.1, 0.15) is 5.75 Å². The molecule has 0 aliphatic carbocycles. The molecule has 0 bridgehead atoms. The van der Waals surface area contributed by atoms with Crippen molar-refractivity contribution in [2.24, 2.45) is 5.73 Å². The Bertz CT molecular complexity index is 612. The van der Waals surface area contributed by atoms with Crippen molar-refractivity contribution in [1.29, 1.82) is 0 Å². The average molecular weight is 312 g/mol. The number of rotatable bonds is 4. The Kier molecular flexibility index (Phi) is 5.20. The minimum Gasteiger partial charge on any atom is -0.497 e. The summed E-state index contributed by atoms with van der Waals surface area (Å²) in [5.41, 5.74) is 8.18. The van der Waals surface area contributed by atoms with E-state index >= 15 is 0 Å². The molecule has 5 nitrogen and oxygen atoms in total. The first kappa shape index (κ1) is 15.9. The van der Waals surface area contributed by atoms with Crippen LogP contribution < -0.4 is 10.5 Å². The summed E-state index contributed by atoms with van der Waals surface area (Å²) in [6.07, 6.45) is 7.23. The van der Waals surface area contributed by atoms with Crippen molar-refractivity contribution in [2.45, 2.75) is 31.8 Å². The van der Waals surface area contributed by atoms with Gasteiger partial charge in [0.15, 0.2) is 5.82 Å². The second kappa shape index (κ2) is 7.53. The summed E-state index contributed by atoms with van der Waals surface area (Å²) >= 11 is 0. The molecule has 1 fully saturated rings. The van der Waals surface area contributed by atoms with Crippen molar-refractivity contribution in [3.8, 4) is 17.1 Å². The van der Waals surface area contributed by atoms with Gasteiger partial charge in [-0.3, -0.25) is 4.90 Å². The van der Waals surface area contributed by atoms with E-state index in [9.17, 15) is 0 Å². The van der Waals surface area contributed by atoms with Gasteiger partial charge in [0, 0.05) is 36.1 Å². The molecule has 1 aromatic carbocycles. The van der Waals surface area contributed by atoms with Gasteiger partial charge in [-0.05, 0) is 56.6 Å². The number of hydrogen-bond acceptors (Lipinski definition) is 5. The van der Waals surface area contributed by atoms with Crippen LogP contribution in [0.3, 0.4) is 0 Å². The molecule has 23 heavy (non-hydrogen) atoms. The number of methoxy groups -OCH3 is 1. The summed E-state index contributed by atoms with van der Waals surface area (Å²) in [6, 6.07) is 8.16. The molecule has 0 spiro atoms. The van der Waals surface area contributed by atoms with Crippen molar-refractivity contribution < 1.29 is 4.74 Å². The summed E-state index contributed by atoms with van der Waals surface area (Å²) in [5, 5.41) is 0. The monoisotopic (exact) mass is 312 g/mol. The molecule has 1 atom stereocenters. The Morgan fingerprint density at radius 3 is 2.57 bits per heavy atom. The maximum atomic E-state index is 6.03. The van der Waals surface area contributed by atoms with E-state index in [2.05, 4.69) is 14.9 Å². The van der Waals surface area contributed by atoms with E-state index in [1.807, 2.05) is 36.7 Å². The molecular weight excluding hydrogens is 288 g/mol. The van der Waals surface area contributed by atoms with Crippen molar-refractivity contribution in [3.63, 3.8) is 0 Å². The fraction of sp³-hybridized carbons (Fsp3) is 0.444. The molecule has 1 saturated heterocycles. The van der Waals surface area contributed by atoms with Crippen molar-refractivity contribution in [1.82, 2.24) is 14.9 Å². The van der Waals surface area contributed by atoms with Crippen LogP contribution in [-0.4, -0.2) is 41.1 Å². The van der Waals surface area contributed by atoms with E-state index in [0.29, 0.717) is 6.04 Å². The minimum atomic E-state index is 0.355. The Morgan fingerprint density at radius 1 is 1.13 bits per heavy atom. The Hall–Kier alpha value is -1.98. The van der Waals surface area contributed by atoms with Crippen LogP contribution in [0.5, 0.6) is 5.75 Å². The van der Waals surface area contributed by atoms with Crippen LogP contribution in [0.15, 0.2) is 36.7 Å². The molecule has 2 aromatic rings. The summed E-state index contributed by atoms with van der Waals surface area (Å²) in [6.45, 7) is 3.06. The fourth-order valence-electron chi connectivity index (χ4n) is 2.92. The third-order valence-corrected chi connectivity index (χ3v) is 4.33. The maximum absolute atomic E-state index is 6.03. The summed E-state index contributed by atoms with van der Waals surface area (Å²) in [4.78, 5) is 11.5. The number of hydrogen-bond donors (Lipinski definition) is 1. The number of nitrogens with two attached hydrogens (primary N) is 1. The number of aromatic nitrogens is 2. The molecule has 1 aromatic heterocycles. The summed E-state index contributed by atoms with van der Waals surface area (Å²) in [5.74, 6) is 1.58. The van der Waals surface area contributed by atoms with E-state index in [0.717, 1.165) is 55.2 Å². The Balaban J connectivity index is 1.64. The zero-order chi connectivity index (χ0) is 16.1. The van der Waals surface area contributed by atoms with Crippen LogP contribution in [0.2, 0.25) is 0 Å². The quantitative estimate of drug-likeness (QED) is 0.939. The molecule has 3 rings (SSSR count). The molecule has 2 heterocycles. The van der Waals surface area contributed by atoms with Gasteiger partial charge in [0.25, 0.3) is 0 Å². The lowest BCUT2D eigenvalue weighted by Gasteiger charge is -2.19. The van der Waals surface area contributed by atoms with Crippen molar-refractivity contribution in [3.05, 3.63) is 42.2 Å². The van der Waals surface area contributed by atoms with Gasteiger partial charge >= 0.3 is 0 Å². The molecular formula is C18H24N4O. The van der Waals surface area contributed by atoms with Gasteiger partial charge in [0.05, 0.1) is 7.11 Å². The first-order valence-corrected chi connectivity index (χ1v) is 8.18. The number of likely N-dealkylation sites (tertiary alicyclic amines) is 1. The van der Waals surface area contributed by atoms with Gasteiger partial charge in [-0.2, -0.15) is 0 Å². The van der Waals surface area contributed by atoms with Crippen LogP contribution in [0.25, 0.3) is 11.4 Å². The fourth-order valence-corrected chi connectivity index (χ4v) is 2.92. The lowest BCUT2D eigenvalue weighted by atomic mass is 10.1. The second-order valence-electron chi connectivity index (χ2n) is 6.11. The topological polar surface area (TPSA) is 64.3 Å². The van der Waals surface area contributed by atoms with Gasteiger partial charge in [-0.25, -0.2) is 9.97 Å². The predicted octanol–water partition coefficient (Wildman–Crippen LogP) is 2.47. The Labute approximate surface area is 137 Å². The van der Waals surface area contributed by atoms with Crippen LogP contribution in [0.4, 0.5) is 0 Å². The standard InChI is InChI=1S/C18H24N4O/c1-23-17-6-4-15(5-7-17)18-20-11-14(12-21-18)13-22-9-2-3-16(19)8-10-22/h4-7,11-12,16H,2-3,8-10,13,19H2,1H3/t16-/m1/s1. The molecule has 1 aliphatic rings. The molecule has 0 unspecified atom stereocenters. The predicted molar refractivity (Wildman–Crippen MR) is 91.1 cm³/mol. The van der Waals surface area contributed by atoms with Crippen LogP contribution in [0, 0.1) is 0 Å². The first-order chi connectivity index (χ1) is 11.2. The molecule has 0 amide bonds. The van der Waals surface area contributed by atoms with Crippen LogP contribution in [0.1, 0.15) is 24.8 Å². The average Bonchev–Trinajstić information content (AvgIpc) is 2.80. The second-order valence-corrected chi connectivity index (χ2v) is 6.11. The third kappa shape index (κ3) is 4.27. The van der Waals surface area contributed by atoms with E-state index in [1.165, 1.54) is 6.42 Å². The normalized spacial score (nSPS) is 19.3. The van der Waals surface area contributed by atoms with Crippen molar-refractivity contribution in [2.75, 3.05) is 20.2 Å². The SMILES string of the molecule is COc1ccc(-c2ncc(CN3CCC[C@@H](N)CC3)cn2)cc1. The number of ether oxygens (including phenoxy) is 1. The zero-order valence-electron chi connectivity index (χ0n) is 13.6. The van der Waals surface area contributed by atoms with E-state index in [4.69, 9.17) is 10.5 Å². The number of nitrogens with zero attached hydrogens (tertiary/aromatic N) is 3. The largest absolute Gasteiger partial charge is 0.497 e. The van der Waals surface area contributed by atoms with Gasteiger partial charge in [-0.1, -0.05) is 0 Å². The molecule has 0 radical (unpaired) electrons. The molecule has 5 heteroatoms.